The summed E-state index contributed by atoms with van der Waals surface area (Å²) in [4.78, 5) is 59.4. The summed E-state index contributed by atoms with van der Waals surface area (Å²) in [5.74, 6) is -0.599. The Balaban J connectivity index is -0.000000578. The summed E-state index contributed by atoms with van der Waals surface area (Å²) < 4.78 is 52.5. The monoisotopic (exact) mass is 802 g/mol. The Morgan fingerprint density at radius 1 is 0.568 bits per heavy atom. The van der Waals surface area contributed by atoms with Gasteiger partial charge >= 0.3 is 51.2 Å². The molecule has 210 valence electrons. The van der Waals surface area contributed by atoms with Gasteiger partial charge in [0.15, 0.2) is 0 Å². The smallest absolute Gasteiger partial charge is 0.809 e. The Morgan fingerprint density at radius 3 is 1.03 bits per heavy atom. The van der Waals surface area contributed by atoms with Crippen LogP contribution in [-0.2, 0) is 69.5 Å². The summed E-state index contributed by atoms with van der Waals surface area (Å²) in [5, 5.41) is -0.113. The first kappa shape index (κ1) is 42.9. The molecular formula is C14H10Cl4Fe3O12P4. The van der Waals surface area contributed by atoms with Gasteiger partial charge in [-0.1, -0.05) is 47.5 Å². The van der Waals surface area contributed by atoms with E-state index in [0.29, 0.717) is 0 Å². The van der Waals surface area contributed by atoms with Crippen LogP contribution in [-0.4, -0.2) is 9.72 Å². The van der Waals surface area contributed by atoms with Crippen LogP contribution in [0.4, 0.5) is 0 Å². The van der Waals surface area contributed by atoms with Crippen LogP contribution in [0.3, 0.4) is 0 Å². The van der Waals surface area contributed by atoms with Crippen molar-refractivity contribution in [2.24, 2.45) is 0 Å². The van der Waals surface area contributed by atoms with E-state index in [-0.39, 0.29) is 72.8 Å². The average molecular weight is 803 g/mol. The van der Waals surface area contributed by atoms with Gasteiger partial charge < -0.3 is 47.5 Å². The van der Waals surface area contributed by atoms with Gasteiger partial charge in [0.25, 0.3) is 0 Å². The minimum Gasteiger partial charge on any atom is -0.809 e. The van der Waals surface area contributed by atoms with E-state index in [2.05, 4.69) is 9.05 Å². The maximum atomic E-state index is 11.3. The third-order valence-electron chi connectivity index (χ3n) is 3.17. The molecule has 4 atom stereocenters. The predicted molar refractivity (Wildman–Crippen MR) is 114 cm³/mol. The fourth-order valence-corrected chi connectivity index (χ4v) is 6.54. The molecule has 4 unspecified atom stereocenters. The fraction of sp³-hybridized carbons (Fsp3) is 0.143. The topological polar surface area (TPSA) is 225 Å². The molecule has 0 saturated heterocycles. The summed E-state index contributed by atoms with van der Waals surface area (Å²) in [6, 6.07) is 10.9. The maximum Gasteiger partial charge on any atom is 2.00 e. The van der Waals surface area contributed by atoms with Gasteiger partial charge in [0, 0.05) is 0 Å². The first-order valence-electron chi connectivity index (χ1n) is 8.10. The van der Waals surface area contributed by atoms with E-state index in [0.717, 1.165) is 0 Å². The number of rotatable bonds is 8. The molecule has 0 saturated carbocycles. The SMILES string of the molecule is O=P([O-])([O-])C(Cl)P(=O)([O-])Oc1ccccc1Cl.O=P([O-])([O-])C(Cl)P(=O)([O-])Oc1ccccc1Cl.[Fe+2].[Fe+2].[Fe+2]. The molecule has 0 heterocycles. The van der Waals surface area contributed by atoms with E-state index < -0.39 is 40.1 Å². The Bertz CT molecular complexity index is 1110. The number of hydrogen-bond acceptors (Lipinski definition) is 12. The first-order valence-corrected chi connectivity index (χ1v) is 16.2. The molecule has 0 radical (unpaired) electrons. The molecule has 23 heteroatoms. The van der Waals surface area contributed by atoms with Gasteiger partial charge in [-0.25, -0.2) is 0 Å². The fourth-order valence-electron chi connectivity index (χ4n) is 1.75. The Morgan fingerprint density at radius 2 is 0.811 bits per heavy atom. The van der Waals surface area contributed by atoms with Crippen LogP contribution >= 0.6 is 76.8 Å². The van der Waals surface area contributed by atoms with Crippen LogP contribution in [0, 0.1) is 0 Å². The zero-order chi connectivity index (χ0) is 26.5. The molecule has 0 aliphatic carbocycles. The number of halogens is 4. The molecule has 2 rings (SSSR count). The Hall–Kier alpha value is 1.44. The molecule has 12 nitrogen and oxygen atoms in total. The summed E-state index contributed by atoms with van der Waals surface area (Å²) in [6.07, 6.45) is 0. The van der Waals surface area contributed by atoms with Gasteiger partial charge in [0.2, 0.25) is 15.2 Å². The van der Waals surface area contributed by atoms with Crippen LogP contribution in [0.15, 0.2) is 48.5 Å². The molecule has 0 spiro atoms. The summed E-state index contributed by atoms with van der Waals surface area (Å²) in [7, 11) is -21.2. The van der Waals surface area contributed by atoms with Crippen molar-refractivity contribution in [2.75, 3.05) is 0 Å². The van der Waals surface area contributed by atoms with Crippen LogP contribution in [0.1, 0.15) is 0 Å². The molecule has 0 aliphatic rings. The second kappa shape index (κ2) is 17.4. The minimum atomic E-state index is -5.51. The van der Waals surface area contributed by atoms with Crippen LogP contribution in [0.2, 0.25) is 10.0 Å². The van der Waals surface area contributed by atoms with E-state index >= 15 is 0 Å². The van der Waals surface area contributed by atoms with Crippen LogP contribution in [0.25, 0.3) is 0 Å². The Labute approximate surface area is 262 Å². The number of hydrogen-bond donors (Lipinski definition) is 0. The van der Waals surface area contributed by atoms with E-state index in [1.807, 2.05) is 0 Å². The molecular weight excluding hydrogens is 793 g/mol. The van der Waals surface area contributed by atoms with Crippen molar-refractivity contribution < 1.29 is 108 Å². The van der Waals surface area contributed by atoms with Crippen molar-refractivity contribution in [3.63, 3.8) is 0 Å². The van der Waals surface area contributed by atoms with Gasteiger partial charge in [-0.15, -0.1) is 23.2 Å². The van der Waals surface area contributed by atoms with Crippen molar-refractivity contribution in [3.8, 4) is 11.5 Å². The summed E-state index contributed by atoms with van der Waals surface area (Å²) in [6.45, 7) is 0. The molecule has 0 amide bonds. The van der Waals surface area contributed by atoms with Crippen LogP contribution in [0.5, 0.6) is 11.5 Å². The third-order valence-corrected chi connectivity index (χ3v) is 13.0. The number of alkyl halides is 2. The van der Waals surface area contributed by atoms with E-state index in [4.69, 9.17) is 46.4 Å². The molecule has 0 bridgehead atoms. The second-order valence-corrected chi connectivity index (χ2v) is 16.3. The largest absolute Gasteiger partial charge is 2.00 e. The first-order chi connectivity index (χ1) is 15.3. The molecule has 2 aromatic rings. The zero-order valence-electron chi connectivity index (χ0n) is 17.0. The molecule has 0 aliphatic heterocycles. The predicted octanol–water partition coefficient (Wildman–Crippen LogP) is 1.41. The van der Waals surface area contributed by atoms with Gasteiger partial charge in [-0.3, -0.25) is 9.13 Å². The second-order valence-electron chi connectivity index (χ2n) is 5.82. The van der Waals surface area contributed by atoms with E-state index in [1.165, 1.54) is 48.5 Å². The van der Waals surface area contributed by atoms with Crippen molar-refractivity contribution in [3.05, 3.63) is 58.6 Å². The van der Waals surface area contributed by atoms with Crippen LogP contribution < -0.4 is 38.4 Å². The third kappa shape index (κ3) is 14.3. The van der Waals surface area contributed by atoms with Crippen molar-refractivity contribution >= 4 is 76.8 Å². The summed E-state index contributed by atoms with van der Waals surface area (Å²) >= 11 is 21.2. The number of para-hydroxylation sites is 2. The van der Waals surface area contributed by atoms with Crippen molar-refractivity contribution in [1.82, 2.24) is 0 Å². The normalized spacial score (nSPS) is 15.8. The summed E-state index contributed by atoms with van der Waals surface area (Å²) in [5.41, 5.74) is 0. The minimum absolute atomic E-state index is 0. The average Bonchev–Trinajstić information content (AvgIpc) is 2.69. The quantitative estimate of drug-likeness (QED) is 0.210. The van der Waals surface area contributed by atoms with E-state index in [9.17, 15) is 47.6 Å². The maximum absolute atomic E-state index is 11.3. The molecule has 0 aromatic heterocycles. The standard InChI is InChI=1S/2C7H8Cl2O6P2.3Fe/c2*8-5-3-1-2-4-6(5)15-17(13,14)7(9)16(10,11)12;;;/h2*1-4,7H,(H,13,14)(H2,10,11,12);;;/q;;3*+2/p-6. The van der Waals surface area contributed by atoms with Gasteiger partial charge in [-0.2, -0.15) is 0 Å². The van der Waals surface area contributed by atoms with E-state index in [1.54, 1.807) is 0 Å². The molecule has 0 N–H and O–H groups in total. The zero-order valence-corrected chi connectivity index (χ0v) is 26.9. The molecule has 37 heavy (non-hydrogen) atoms. The van der Waals surface area contributed by atoms with Gasteiger partial charge in [-0.05, 0) is 39.5 Å². The van der Waals surface area contributed by atoms with Crippen molar-refractivity contribution in [2.45, 2.75) is 9.72 Å². The van der Waals surface area contributed by atoms with Crippen molar-refractivity contribution in [1.29, 1.82) is 0 Å². The number of benzene rings is 2. The van der Waals surface area contributed by atoms with Gasteiger partial charge in [0.05, 0.1) is 10.0 Å². The molecule has 0 fully saturated rings. The van der Waals surface area contributed by atoms with Gasteiger partial charge in [0.1, 0.15) is 21.2 Å². The Kier molecular flexibility index (Phi) is 20.2. The molecule has 2 aromatic carbocycles.